The zero-order valence-electron chi connectivity index (χ0n) is 17.0. The van der Waals surface area contributed by atoms with Crippen LogP contribution in [0.1, 0.15) is 41.3 Å². The number of nitrogens with zero attached hydrogens (tertiary/aromatic N) is 3. The molecular weight excluding hydrogens is 443 g/mol. The summed E-state index contributed by atoms with van der Waals surface area (Å²) in [6.07, 6.45) is -0.413. The fraction of sp³-hybridized carbons (Fsp3) is 0.364. The molecule has 10 heteroatoms. The van der Waals surface area contributed by atoms with E-state index < -0.39 is 21.8 Å². The van der Waals surface area contributed by atoms with Crippen LogP contribution in [-0.4, -0.2) is 36.0 Å². The number of sulfonamides is 1. The fourth-order valence-electron chi connectivity index (χ4n) is 4.16. The summed E-state index contributed by atoms with van der Waals surface area (Å²) < 4.78 is 71.4. The molecule has 1 aromatic heterocycles. The van der Waals surface area contributed by atoms with Crippen LogP contribution in [0.15, 0.2) is 51.9 Å². The van der Waals surface area contributed by atoms with Crippen LogP contribution in [0.4, 0.5) is 13.2 Å². The maximum atomic E-state index is 13.0. The summed E-state index contributed by atoms with van der Waals surface area (Å²) in [4.78, 5) is 4.49. The number of benzene rings is 2. The van der Waals surface area contributed by atoms with Gasteiger partial charge in [-0.05, 0) is 61.1 Å². The van der Waals surface area contributed by atoms with E-state index in [0.717, 1.165) is 43.4 Å². The van der Waals surface area contributed by atoms with Gasteiger partial charge in [-0.1, -0.05) is 23.4 Å². The van der Waals surface area contributed by atoms with E-state index in [1.165, 1.54) is 22.0 Å². The van der Waals surface area contributed by atoms with Gasteiger partial charge in [0.05, 0.1) is 16.4 Å². The first-order valence-electron chi connectivity index (χ1n) is 10.3. The number of fused-ring (bicyclic) bond motifs is 1. The van der Waals surface area contributed by atoms with Crippen LogP contribution >= 0.6 is 0 Å². The van der Waals surface area contributed by atoms with Gasteiger partial charge < -0.3 is 4.52 Å². The highest BCUT2D eigenvalue weighted by molar-refractivity contribution is 7.89. The first-order valence-corrected chi connectivity index (χ1v) is 11.8. The maximum absolute atomic E-state index is 13.0. The Morgan fingerprint density at radius 3 is 2.50 bits per heavy atom. The van der Waals surface area contributed by atoms with Crippen LogP contribution in [0.2, 0.25) is 0 Å². The molecule has 0 spiro atoms. The van der Waals surface area contributed by atoms with Crippen LogP contribution in [0.3, 0.4) is 0 Å². The van der Waals surface area contributed by atoms with Crippen LogP contribution in [0, 0.1) is 0 Å². The Labute approximate surface area is 183 Å². The van der Waals surface area contributed by atoms with Gasteiger partial charge in [0, 0.05) is 18.7 Å². The zero-order chi connectivity index (χ0) is 22.5. The molecule has 1 fully saturated rings. The van der Waals surface area contributed by atoms with E-state index in [-0.39, 0.29) is 41.2 Å². The van der Waals surface area contributed by atoms with E-state index in [1.807, 2.05) is 6.07 Å². The molecule has 0 radical (unpaired) electrons. The topological polar surface area (TPSA) is 76.3 Å². The van der Waals surface area contributed by atoms with E-state index in [1.54, 1.807) is 12.1 Å². The average Bonchev–Trinajstić information content (AvgIpc) is 3.21. The third-order valence-electron chi connectivity index (χ3n) is 6.04. The molecule has 0 unspecified atom stereocenters. The van der Waals surface area contributed by atoms with Crippen molar-refractivity contribution in [3.8, 4) is 11.4 Å². The number of hydrogen-bond acceptors (Lipinski definition) is 5. The Bertz CT molecular complexity index is 1260. The van der Waals surface area contributed by atoms with E-state index in [0.29, 0.717) is 0 Å². The SMILES string of the molecule is O=S(=O)(c1ccc2c(c1)CCCC2)N1CC(c2nc(-c3cccc(C(F)(F)F)c3)no2)C1. The van der Waals surface area contributed by atoms with Crippen LogP contribution < -0.4 is 0 Å². The summed E-state index contributed by atoms with van der Waals surface area (Å²) in [7, 11) is -3.63. The normalized spacial score (nSPS) is 17.7. The lowest BCUT2D eigenvalue weighted by Crippen LogP contribution is -2.48. The van der Waals surface area contributed by atoms with Gasteiger partial charge >= 0.3 is 6.18 Å². The van der Waals surface area contributed by atoms with Crippen molar-refractivity contribution in [2.75, 3.05) is 13.1 Å². The van der Waals surface area contributed by atoms with Crippen molar-refractivity contribution in [1.29, 1.82) is 0 Å². The fourth-order valence-corrected chi connectivity index (χ4v) is 5.74. The molecule has 1 aliphatic heterocycles. The number of alkyl halides is 3. The smallest absolute Gasteiger partial charge is 0.339 e. The van der Waals surface area contributed by atoms with Gasteiger partial charge in [-0.15, -0.1) is 0 Å². The Morgan fingerprint density at radius 2 is 1.75 bits per heavy atom. The summed E-state index contributed by atoms with van der Waals surface area (Å²) in [5.74, 6) is -0.0363. The van der Waals surface area contributed by atoms with Gasteiger partial charge in [-0.2, -0.15) is 22.5 Å². The molecule has 0 saturated carbocycles. The molecule has 0 amide bonds. The first kappa shape index (κ1) is 21.1. The summed E-state index contributed by atoms with van der Waals surface area (Å²) in [5.41, 5.74) is 1.70. The Morgan fingerprint density at radius 1 is 1.00 bits per heavy atom. The summed E-state index contributed by atoms with van der Waals surface area (Å²) in [6.45, 7) is 0.368. The van der Waals surface area contributed by atoms with Crippen molar-refractivity contribution in [3.63, 3.8) is 0 Å². The molecule has 32 heavy (non-hydrogen) atoms. The molecule has 1 saturated heterocycles. The molecule has 2 aliphatic rings. The van der Waals surface area contributed by atoms with Gasteiger partial charge in [0.15, 0.2) is 0 Å². The van der Waals surface area contributed by atoms with E-state index in [4.69, 9.17) is 4.52 Å². The van der Waals surface area contributed by atoms with Crippen molar-refractivity contribution in [2.24, 2.45) is 0 Å². The predicted octanol–water partition coefficient (Wildman–Crippen LogP) is 4.42. The highest BCUT2D eigenvalue weighted by Crippen LogP contribution is 2.35. The van der Waals surface area contributed by atoms with Crippen molar-refractivity contribution in [2.45, 2.75) is 42.7 Å². The van der Waals surface area contributed by atoms with Gasteiger partial charge in [0.2, 0.25) is 21.7 Å². The van der Waals surface area contributed by atoms with Crippen LogP contribution in [-0.2, 0) is 29.0 Å². The lowest BCUT2D eigenvalue weighted by molar-refractivity contribution is -0.137. The molecule has 0 bridgehead atoms. The number of halogens is 3. The lowest BCUT2D eigenvalue weighted by Gasteiger charge is -2.36. The molecule has 0 N–H and O–H groups in total. The third-order valence-corrected chi connectivity index (χ3v) is 7.87. The van der Waals surface area contributed by atoms with Crippen molar-refractivity contribution in [3.05, 3.63) is 65.0 Å². The molecule has 6 nitrogen and oxygen atoms in total. The molecule has 1 aliphatic carbocycles. The number of aromatic nitrogens is 2. The highest BCUT2D eigenvalue weighted by Gasteiger charge is 2.40. The minimum absolute atomic E-state index is 0.0436. The minimum Gasteiger partial charge on any atom is -0.339 e. The molecule has 2 heterocycles. The average molecular weight is 463 g/mol. The molecule has 5 rings (SSSR count). The summed E-state index contributed by atoms with van der Waals surface area (Å²) in [5, 5.41) is 3.78. The second kappa shape index (κ2) is 7.70. The quantitative estimate of drug-likeness (QED) is 0.573. The van der Waals surface area contributed by atoms with Crippen LogP contribution in [0.5, 0.6) is 0 Å². The van der Waals surface area contributed by atoms with E-state index in [2.05, 4.69) is 10.1 Å². The van der Waals surface area contributed by atoms with Gasteiger partial charge in [-0.25, -0.2) is 8.42 Å². The van der Waals surface area contributed by atoms with Crippen molar-refractivity contribution >= 4 is 10.0 Å². The number of aryl methyl sites for hydroxylation is 2. The Balaban J connectivity index is 1.30. The number of rotatable bonds is 4. The highest BCUT2D eigenvalue weighted by atomic mass is 32.2. The number of hydrogen-bond donors (Lipinski definition) is 0. The standard InChI is InChI=1S/C22H20F3N3O3S/c23-22(24,25)18-7-3-6-16(10-18)20-26-21(31-27-20)17-12-28(13-17)32(29,30)19-9-8-14-4-1-2-5-15(14)11-19/h3,6-11,17H,1-2,4-5,12-13H2. The zero-order valence-corrected chi connectivity index (χ0v) is 17.8. The minimum atomic E-state index is -4.47. The summed E-state index contributed by atoms with van der Waals surface area (Å²) >= 11 is 0. The molecule has 3 aromatic rings. The van der Waals surface area contributed by atoms with Gasteiger partial charge in [0.25, 0.3) is 0 Å². The van der Waals surface area contributed by atoms with Crippen molar-refractivity contribution in [1.82, 2.24) is 14.4 Å². The van der Waals surface area contributed by atoms with Crippen molar-refractivity contribution < 1.29 is 26.1 Å². The molecule has 168 valence electrons. The van der Waals surface area contributed by atoms with Gasteiger partial charge in [0.1, 0.15) is 0 Å². The molecular formula is C22H20F3N3O3S. The largest absolute Gasteiger partial charge is 0.416 e. The predicted molar refractivity (Wildman–Crippen MR) is 109 cm³/mol. The van der Waals surface area contributed by atoms with E-state index in [9.17, 15) is 21.6 Å². The lowest BCUT2D eigenvalue weighted by atomic mass is 9.92. The maximum Gasteiger partial charge on any atom is 0.416 e. The third kappa shape index (κ3) is 3.81. The first-order chi connectivity index (χ1) is 15.2. The molecule has 0 atom stereocenters. The second-order valence-electron chi connectivity index (χ2n) is 8.19. The van der Waals surface area contributed by atoms with Gasteiger partial charge in [-0.3, -0.25) is 0 Å². The summed E-state index contributed by atoms with van der Waals surface area (Å²) in [6, 6.07) is 10.0. The second-order valence-corrected chi connectivity index (χ2v) is 10.1. The molecule has 2 aromatic carbocycles. The monoisotopic (exact) mass is 463 g/mol. The van der Waals surface area contributed by atoms with Crippen LogP contribution in [0.25, 0.3) is 11.4 Å². The van der Waals surface area contributed by atoms with E-state index >= 15 is 0 Å². The Hall–Kier alpha value is -2.72. The Kier molecular flexibility index (Phi) is 5.09.